The molecule has 0 atom stereocenters. The topological polar surface area (TPSA) is 51.8 Å². The lowest BCUT2D eigenvalue weighted by molar-refractivity contribution is 0.669. The highest BCUT2D eigenvalue weighted by Gasteiger charge is 2.41. The van der Waals surface area contributed by atoms with Gasteiger partial charge in [-0.15, -0.1) is 0 Å². The summed E-state index contributed by atoms with van der Waals surface area (Å²) in [5.41, 5.74) is 4.56. The van der Waals surface area contributed by atoms with Crippen molar-refractivity contribution in [2.75, 3.05) is 0 Å². The third-order valence-corrected chi connectivity index (χ3v) is 15.3. The Morgan fingerprint density at radius 1 is 0.333 bits per heavy atom. The van der Waals surface area contributed by atoms with Crippen molar-refractivity contribution in [2.45, 2.75) is 0 Å². The van der Waals surface area contributed by atoms with Crippen molar-refractivity contribution in [1.82, 2.24) is 15.0 Å². The van der Waals surface area contributed by atoms with Gasteiger partial charge in [-0.3, -0.25) is 0 Å². The zero-order valence-corrected chi connectivity index (χ0v) is 30.3. The zero-order chi connectivity index (χ0) is 35.9. The van der Waals surface area contributed by atoms with E-state index in [9.17, 15) is 0 Å². The van der Waals surface area contributed by atoms with Crippen LogP contribution in [-0.2, 0) is 0 Å². The molecule has 4 nitrogen and oxygen atoms in total. The van der Waals surface area contributed by atoms with Crippen molar-refractivity contribution in [3.63, 3.8) is 0 Å². The van der Waals surface area contributed by atoms with Gasteiger partial charge in [0, 0.05) is 27.5 Å². The predicted molar refractivity (Wildman–Crippen MR) is 225 cm³/mol. The number of rotatable bonds is 7. The van der Waals surface area contributed by atoms with Crippen LogP contribution in [0.15, 0.2) is 205 Å². The smallest absolute Gasteiger partial charge is 0.179 e. The molecule has 254 valence electrons. The second kappa shape index (κ2) is 13.2. The molecule has 0 aliphatic rings. The average Bonchev–Trinajstić information content (AvgIpc) is 3.65. The highest BCUT2D eigenvalue weighted by molar-refractivity contribution is 7.19. The molecule has 5 heteroatoms. The fourth-order valence-electron chi connectivity index (χ4n) is 8.07. The highest BCUT2D eigenvalue weighted by Crippen LogP contribution is 2.38. The molecule has 10 aromatic rings. The number of hydrogen-bond acceptors (Lipinski definition) is 4. The van der Waals surface area contributed by atoms with Crippen LogP contribution in [0.3, 0.4) is 0 Å². The van der Waals surface area contributed by atoms with Gasteiger partial charge < -0.3 is 4.42 Å². The quantitative estimate of drug-likeness (QED) is 0.122. The molecule has 0 saturated carbocycles. The molecule has 8 aromatic carbocycles. The van der Waals surface area contributed by atoms with Crippen LogP contribution in [0.4, 0.5) is 0 Å². The second-order valence-corrected chi connectivity index (χ2v) is 17.3. The van der Waals surface area contributed by atoms with E-state index in [-0.39, 0.29) is 0 Å². The number of furan rings is 1. The van der Waals surface area contributed by atoms with Crippen LogP contribution in [0.1, 0.15) is 0 Å². The van der Waals surface area contributed by atoms with Crippen molar-refractivity contribution in [1.29, 1.82) is 0 Å². The van der Waals surface area contributed by atoms with Crippen molar-refractivity contribution < 1.29 is 4.42 Å². The minimum atomic E-state index is -2.78. The number of benzene rings is 8. The summed E-state index contributed by atoms with van der Waals surface area (Å²) in [7, 11) is -2.78. The van der Waals surface area contributed by atoms with Crippen LogP contribution >= 0.6 is 0 Å². The van der Waals surface area contributed by atoms with Crippen LogP contribution in [0.2, 0.25) is 0 Å². The lowest BCUT2D eigenvalue weighted by Crippen LogP contribution is -2.74. The van der Waals surface area contributed by atoms with E-state index in [1.165, 1.54) is 20.7 Å². The Balaban J connectivity index is 1.22. The summed E-state index contributed by atoms with van der Waals surface area (Å²) in [4.78, 5) is 15.6. The maximum atomic E-state index is 6.26. The normalized spacial score (nSPS) is 11.7. The first-order valence-electron chi connectivity index (χ1n) is 18.2. The molecule has 10 rings (SSSR count). The van der Waals surface area contributed by atoms with Crippen molar-refractivity contribution in [2.24, 2.45) is 0 Å². The minimum Gasteiger partial charge on any atom is -0.456 e. The molecule has 0 radical (unpaired) electrons. The lowest BCUT2D eigenvalue weighted by Gasteiger charge is -2.34. The van der Waals surface area contributed by atoms with E-state index >= 15 is 0 Å². The number of nitrogens with zero attached hydrogens (tertiary/aromatic N) is 3. The molecule has 0 fully saturated rings. The minimum absolute atomic E-state index is 0.625. The zero-order valence-electron chi connectivity index (χ0n) is 29.3. The van der Waals surface area contributed by atoms with Gasteiger partial charge in [-0.2, -0.15) is 0 Å². The summed E-state index contributed by atoms with van der Waals surface area (Å²) in [6, 6.07) is 70.8. The first-order valence-corrected chi connectivity index (χ1v) is 20.2. The Bertz CT molecular complexity index is 2830. The molecule has 2 heterocycles. The molecular weight excluding hydrogens is 675 g/mol. The molecule has 0 amide bonds. The van der Waals surface area contributed by atoms with Gasteiger partial charge in [0.15, 0.2) is 25.5 Å². The van der Waals surface area contributed by atoms with E-state index in [1.54, 1.807) is 0 Å². The third kappa shape index (κ3) is 5.25. The summed E-state index contributed by atoms with van der Waals surface area (Å²) >= 11 is 0. The van der Waals surface area contributed by atoms with Crippen LogP contribution in [0, 0.1) is 0 Å². The Morgan fingerprint density at radius 2 is 0.833 bits per heavy atom. The predicted octanol–water partition coefficient (Wildman–Crippen LogP) is 9.30. The van der Waals surface area contributed by atoms with Gasteiger partial charge in [-0.25, -0.2) is 15.0 Å². The Morgan fingerprint density at radius 3 is 1.50 bits per heavy atom. The summed E-state index contributed by atoms with van der Waals surface area (Å²) in [5.74, 6) is 1.88. The molecular formula is C49H33N3OSi. The number of hydrogen-bond donors (Lipinski definition) is 0. The van der Waals surface area contributed by atoms with E-state index in [4.69, 9.17) is 19.4 Å². The standard InChI is InChI=1S/C49H33N3OSi/c1-5-17-34(18-6-1)47-50-48(52-49(51-47)42-29-16-28-41-40(42)31-32-45-46(41)43-27-13-14-30-44(43)53-45)35-19-15-26-39(33-35)54(36-20-7-2-8-21-36,37-22-9-3-10-23-37)38-24-11-4-12-25-38/h1-33H. The first-order chi connectivity index (χ1) is 26.8. The SMILES string of the molecule is c1ccc(-c2nc(-c3cccc([Si](c4ccccc4)(c4ccccc4)c4ccccc4)c3)nc(-c3cccc4c3ccc3oc5ccccc5c34)n2)cc1. The second-order valence-electron chi connectivity index (χ2n) is 13.5. The van der Waals surface area contributed by atoms with Gasteiger partial charge in [0.1, 0.15) is 11.2 Å². The average molecular weight is 708 g/mol. The molecule has 0 bridgehead atoms. The van der Waals surface area contributed by atoms with E-state index in [2.05, 4.69) is 170 Å². The van der Waals surface area contributed by atoms with Crippen LogP contribution in [-0.4, -0.2) is 23.0 Å². The largest absolute Gasteiger partial charge is 0.456 e. The van der Waals surface area contributed by atoms with Gasteiger partial charge in [0.2, 0.25) is 0 Å². The first kappa shape index (κ1) is 31.8. The molecule has 0 saturated heterocycles. The van der Waals surface area contributed by atoms with Crippen LogP contribution < -0.4 is 20.7 Å². The van der Waals surface area contributed by atoms with Crippen molar-refractivity contribution in [3.05, 3.63) is 200 Å². The fourth-order valence-corrected chi connectivity index (χ4v) is 12.9. The fraction of sp³-hybridized carbons (Fsp3) is 0. The molecule has 0 aliphatic heterocycles. The molecule has 0 spiro atoms. The molecule has 2 aromatic heterocycles. The molecule has 0 aliphatic carbocycles. The molecule has 54 heavy (non-hydrogen) atoms. The van der Waals surface area contributed by atoms with Crippen LogP contribution in [0.5, 0.6) is 0 Å². The monoisotopic (exact) mass is 707 g/mol. The van der Waals surface area contributed by atoms with E-state index in [0.717, 1.165) is 49.4 Å². The highest BCUT2D eigenvalue weighted by atomic mass is 28.3. The molecule has 0 unspecified atom stereocenters. The maximum Gasteiger partial charge on any atom is 0.179 e. The van der Waals surface area contributed by atoms with E-state index in [0.29, 0.717) is 17.5 Å². The van der Waals surface area contributed by atoms with Crippen LogP contribution in [0.25, 0.3) is 66.9 Å². The Hall–Kier alpha value is -6.95. The van der Waals surface area contributed by atoms with Gasteiger partial charge in [0.05, 0.1) is 0 Å². The summed E-state index contributed by atoms with van der Waals surface area (Å²) < 4.78 is 6.26. The van der Waals surface area contributed by atoms with Gasteiger partial charge in [-0.05, 0) is 49.7 Å². The van der Waals surface area contributed by atoms with Gasteiger partial charge in [0.25, 0.3) is 0 Å². The third-order valence-electron chi connectivity index (χ3n) is 10.5. The van der Waals surface area contributed by atoms with E-state index < -0.39 is 8.07 Å². The maximum absolute atomic E-state index is 6.26. The number of para-hydroxylation sites is 1. The lowest BCUT2D eigenvalue weighted by atomic mass is 9.99. The summed E-state index contributed by atoms with van der Waals surface area (Å²) in [6.45, 7) is 0. The Labute approximate surface area is 314 Å². The Kier molecular flexibility index (Phi) is 7.78. The van der Waals surface area contributed by atoms with Crippen molar-refractivity contribution >= 4 is 61.5 Å². The van der Waals surface area contributed by atoms with Gasteiger partial charge >= 0.3 is 0 Å². The summed E-state index contributed by atoms with van der Waals surface area (Å²) in [5, 5.41) is 9.55. The van der Waals surface area contributed by atoms with Gasteiger partial charge in [-0.1, -0.05) is 182 Å². The molecule has 0 N–H and O–H groups in total. The number of fused-ring (bicyclic) bond motifs is 5. The van der Waals surface area contributed by atoms with Crippen molar-refractivity contribution in [3.8, 4) is 34.2 Å². The van der Waals surface area contributed by atoms with E-state index in [1.807, 2.05) is 30.3 Å². The number of aromatic nitrogens is 3. The summed E-state index contributed by atoms with van der Waals surface area (Å²) in [6.07, 6.45) is 0.